The van der Waals surface area contributed by atoms with Crippen LogP contribution in [0.5, 0.6) is 17.2 Å². The standard InChI is InChI=1S/C27H27ClN6O3/c28-23-8-4-5-9-25(23)36-18-24(27-30-32-33-31-27)34(16-19-10-11-19)17-26(35)29-20-12-14-22(15-13-20)37-21-6-2-1-3-7-21/h1-9,12-15,19,24H,10-11,16-18H2,(H,29,35)(H,30,31,32,33). The van der Waals surface area contributed by atoms with E-state index in [1.165, 1.54) is 0 Å². The molecule has 190 valence electrons. The molecule has 9 nitrogen and oxygen atoms in total. The van der Waals surface area contributed by atoms with Gasteiger partial charge >= 0.3 is 0 Å². The van der Waals surface area contributed by atoms with E-state index >= 15 is 0 Å². The number of aromatic amines is 1. The first-order valence-corrected chi connectivity index (χ1v) is 12.5. The minimum Gasteiger partial charge on any atom is -0.490 e. The highest BCUT2D eigenvalue weighted by Gasteiger charge is 2.32. The first kappa shape index (κ1) is 24.7. The number of nitrogens with zero attached hydrogens (tertiary/aromatic N) is 4. The number of nitrogens with one attached hydrogen (secondary N) is 2. The smallest absolute Gasteiger partial charge is 0.238 e. The van der Waals surface area contributed by atoms with Crippen LogP contribution in [0.1, 0.15) is 24.7 Å². The second-order valence-corrected chi connectivity index (χ2v) is 9.31. The fourth-order valence-corrected chi connectivity index (χ4v) is 4.14. The molecule has 1 amide bonds. The fourth-order valence-electron chi connectivity index (χ4n) is 3.95. The lowest BCUT2D eigenvalue weighted by molar-refractivity contribution is -0.118. The molecule has 1 heterocycles. The number of carbonyl (C=O) groups excluding carboxylic acids is 1. The zero-order chi connectivity index (χ0) is 25.5. The number of halogens is 1. The number of amides is 1. The number of anilines is 1. The van der Waals surface area contributed by atoms with Crippen molar-refractivity contribution in [3.63, 3.8) is 0 Å². The number of ether oxygens (including phenoxy) is 2. The summed E-state index contributed by atoms with van der Waals surface area (Å²) in [5, 5.41) is 17.9. The highest BCUT2D eigenvalue weighted by atomic mass is 35.5. The van der Waals surface area contributed by atoms with Crippen molar-refractivity contribution in [1.29, 1.82) is 0 Å². The Kier molecular flexibility index (Phi) is 7.93. The van der Waals surface area contributed by atoms with Gasteiger partial charge in [-0.25, -0.2) is 5.10 Å². The van der Waals surface area contributed by atoms with Crippen molar-refractivity contribution >= 4 is 23.2 Å². The van der Waals surface area contributed by atoms with E-state index in [4.69, 9.17) is 21.1 Å². The second kappa shape index (κ2) is 11.9. The van der Waals surface area contributed by atoms with Gasteiger partial charge in [-0.05, 0) is 77.7 Å². The number of tetrazole rings is 1. The summed E-state index contributed by atoms with van der Waals surface area (Å²) in [6, 6.07) is 23.8. The van der Waals surface area contributed by atoms with Gasteiger partial charge in [0.25, 0.3) is 0 Å². The molecule has 1 aromatic heterocycles. The molecule has 1 fully saturated rings. The highest BCUT2D eigenvalue weighted by Crippen LogP contribution is 2.33. The average molecular weight is 519 g/mol. The number of para-hydroxylation sites is 2. The fraction of sp³-hybridized carbons (Fsp3) is 0.259. The quantitative estimate of drug-likeness (QED) is 0.268. The van der Waals surface area contributed by atoms with Crippen LogP contribution in [0.15, 0.2) is 78.9 Å². The van der Waals surface area contributed by atoms with Crippen LogP contribution >= 0.6 is 11.6 Å². The number of H-pyrrole nitrogens is 1. The maximum Gasteiger partial charge on any atom is 0.238 e. The second-order valence-electron chi connectivity index (χ2n) is 8.90. The summed E-state index contributed by atoms with van der Waals surface area (Å²) >= 11 is 6.28. The molecule has 1 atom stereocenters. The van der Waals surface area contributed by atoms with E-state index in [-0.39, 0.29) is 25.1 Å². The van der Waals surface area contributed by atoms with Gasteiger partial charge in [0.15, 0.2) is 5.82 Å². The summed E-state index contributed by atoms with van der Waals surface area (Å²) in [6.07, 6.45) is 2.27. The Morgan fingerprint density at radius 1 is 1.03 bits per heavy atom. The van der Waals surface area contributed by atoms with Crippen molar-refractivity contribution in [3.05, 3.63) is 89.7 Å². The van der Waals surface area contributed by atoms with Crippen LogP contribution in [0.25, 0.3) is 0 Å². The lowest BCUT2D eigenvalue weighted by Crippen LogP contribution is -2.40. The van der Waals surface area contributed by atoms with E-state index in [1.807, 2.05) is 66.7 Å². The molecule has 1 unspecified atom stereocenters. The van der Waals surface area contributed by atoms with Gasteiger partial charge in [-0.1, -0.05) is 41.9 Å². The number of rotatable bonds is 12. The lowest BCUT2D eigenvalue weighted by Gasteiger charge is -2.29. The third kappa shape index (κ3) is 7.05. The molecule has 2 N–H and O–H groups in total. The molecule has 0 aliphatic heterocycles. The Bertz CT molecular complexity index is 1280. The summed E-state index contributed by atoms with van der Waals surface area (Å²) < 4.78 is 11.9. The van der Waals surface area contributed by atoms with Crippen molar-refractivity contribution in [3.8, 4) is 17.2 Å². The van der Waals surface area contributed by atoms with Crippen LogP contribution in [0, 0.1) is 5.92 Å². The maximum absolute atomic E-state index is 13.1. The average Bonchev–Trinajstić information content (AvgIpc) is 3.56. The summed E-state index contributed by atoms with van der Waals surface area (Å²) in [6.45, 7) is 1.11. The van der Waals surface area contributed by atoms with Crippen LogP contribution in [-0.4, -0.2) is 51.1 Å². The molecule has 5 rings (SSSR count). The van der Waals surface area contributed by atoms with Crippen LogP contribution in [-0.2, 0) is 4.79 Å². The van der Waals surface area contributed by atoms with Gasteiger partial charge in [0, 0.05) is 12.2 Å². The molecule has 0 radical (unpaired) electrons. The van der Waals surface area contributed by atoms with Crippen molar-refractivity contribution in [2.24, 2.45) is 5.92 Å². The molecule has 3 aromatic carbocycles. The van der Waals surface area contributed by atoms with E-state index in [0.717, 1.165) is 25.1 Å². The van der Waals surface area contributed by atoms with Crippen molar-refractivity contribution in [1.82, 2.24) is 25.5 Å². The summed E-state index contributed by atoms with van der Waals surface area (Å²) in [5.41, 5.74) is 0.682. The summed E-state index contributed by atoms with van der Waals surface area (Å²) in [7, 11) is 0. The van der Waals surface area contributed by atoms with Crippen molar-refractivity contribution < 1.29 is 14.3 Å². The Morgan fingerprint density at radius 3 is 2.46 bits per heavy atom. The molecule has 4 aromatic rings. The zero-order valence-electron chi connectivity index (χ0n) is 20.1. The number of hydrogen-bond donors (Lipinski definition) is 2. The monoisotopic (exact) mass is 518 g/mol. The first-order chi connectivity index (χ1) is 18.1. The van der Waals surface area contributed by atoms with Gasteiger partial charge in [-0.15, -0.1) is 5.10 Å². The van der Waals surface area contributed by atoms with E-state index in [0.29, 0.717) is 34.0 Å². The predicted octanol–water partition coefficient (Wildman–Crippen LogP) is 5.12. The van der Waals surface area contributed by atoms with Gasteiger partial charge in [0.2, 0.25) is 5.91 Å². The molecule has 10 heteroatoms. The van der Waals surface area contributed by atoms with Crippen LogP contribution < -0.4 is 14.8 Å². The van der Waals surface area contributed by atoms with E-state index in [1.54, 1.807) is 12.1 Å². The molecule has 1 aliphatic carbocycles. The van der Waals surface area contributed by atoms with E-state index < -0.39 is 0 Å². The largest absolute Gasteiger partial charge is 0.490 e. The van der Waals surface area contributed by atoms with Gasteiger partial charge < -0.3 is 14.8 Å². The van der Waals surface area contributed by atoms with E-state index in [9.17, 15) is 4.79 Å². The minimum atomic E-state index is -0.362. The molecular formula is C27H27ClN6O3. The summed E-state index contributed by atoms with van der Waals surface area (Å²) in [4.78, 5) is 15.1. The third-order valence-electron chi connectivity index (χ3n) is 6.00. The third-order valence-corrected chi connectivity index (χ3v) is 6.32. The zero-order valence-corrected chi connectivity index (χ0v) is 20.8. The number of hydrogen-bond acceptors (Lipinski definition) is 7. The number of benzene rings is 3. The Labute approximate surface area is 219 Å². The van der Waals surface area contributed by atoms with Gasteiger partial charge in [-0.2, -0.15) is 0 Å². The topological polar surface area (TPSA) is 105 Å². The lowest BCUT2D eigenvalue weighted by atomic mass is 10.2. The van der Waals surface area contributed by atoms with Crippen LogP contribution in [0.4, 0.5) is 5.69 Å². The molecule has 1 saturated carbocycles. The van der Waals surface area contributed by atoms with E-state index in [2.05, 4.69) is 30.8 Å². The first-order valence-electron chi connectivity index (χ1n) is 12.1. The molecule has 0 saturated heterocycles. The Hall–Kier alpha value is -3.95. The Morgan fingerprint density at radius 2 is 1.76 bits per heavy atom. The maximum atomic E-state index is 13.1. The molecular weight excluding hydrogens is 492 g/mol. The number of aromatic nitrogens is 4. The molecule has 1 aliphatic rings. The predicted molar refractivity (Wildman–Crippen MR) is 140 cm³/mol. The van der Waals surface area contributed by atoms with Crippen LogP contribution in [0.2, 0.25) is 5.02 Å². The SMILES string of the molecule is O=C(CN(CC1CC1)C(COc1ccccc1Cl)c1nnn[nH]1)Nc1ccc(Oc2ccccc2)cc1. The van der Waals surface area contributed by atoms with Crippen LogP contribution in [0.3, 0.4) is 0 Å². The minimum absolute atomic E-state index is 0.146. The van der Waals surface area contributed by atoms with Gasteiger partial charge in [0.05, 0.1) is 11.6 Å². The van der Waals surface area contributed by atoms with Crippen molar-refractivity contribution in [2.75, 3.05) is 25.0 Å². The highest BCUT2D eigenvalue weighted by molar-refractivity contribution is 6.32. The Balaban J connectivity index is 1.25. The normalized spacial score (nSPS) is 13.8. The van der Waals surface area contributed by atoms with Gasteiger partial charge in [-0.3, -0.25) is 9.69 Å². The molecule has 0 spiro atoms. The number of carbonyl (C=O) groups is 1. The molecule has 0 bridgehead atoms. The van der Waals surface area contributed by atoms with Gasteiger partial charge in [0.1, 0.15) is 29.9 Å². The molecule has 37 heavy (non-hydrogen) atoms. The summed E-state index contributed by atoms with van der Waals surface area (Å²) in [5.74, 6) is 2.92. The van der Waals surface area contributed by atoms with Crippen molar-refractivity contribution in [2.45, 2.75) is 18.9 Å².